The first kappa shape index (κ1) is 18.4. The number of carbonyl (C=O) groups excluding carboxylic acids is 1. The van der Waals surface area contributed by atoms with E-state index < -0.39 is 6.36 Å². The molecule has 4 nitrogen and oxygen atoms in total. The van der Waals surface area contributed by atoms with Crippen LogP contribution in [0.2, 0.25) is 5.02 Å². The molecule has 1 unspecified atom stereocenters. The second-order valence-electron chi connectivity index (χ2n) is 5.65. The van der Waals surface area contributed by atoms with E-state index in [0.717, 1.165) is 16.9 Å². The first-order chi connectivity index (χ1) is 12.8. The van der Waals surface area contributed by atoms with E-state index >= 15 is 0 Å². The van der Waals surface area contributed by atoms with Crippen LogP contribution in [0.25, 0.3) is 10.2 Å². The Kier molecular flexibility index (Phi) is 4.69. The van der Waals surface area contributed by atoms with Gasteiger partial charge in [0.15, 0.2) is 5.13 Å². The summed E-state index contributed by atoms with van der Waals surface area (Å²) < 4.78 is 41.7. The molecule has 1 aliphatic heterocycles. The van der Waals surface area contributed by atoms with E-state index in [9.17, 15) is 18.0 Å². The lowest BCUT2D eigenvalue weighted by Gasteiger charge is -2.21. The number of hydrogen-bond acceptors (Lipinski definition) is 5. The van der Waals surface area contributed by atoms with Crippen molar-refractivity contribution < 1.29 is 22.7 Å². The highest BCUT2D eigenvalue weighted by molar-refractivity contribution is 8.00. The number of aromatic nitrogens is 1. The summed E-state index contributed by atoms with van der Waals surface area (Å²) in [5.41, 5.74) is 1.40. The van der Waals surface area contributed by atoms with Crippen molar-refractivity contribution in [2.75, 3.05) is 10.7 Å². The summed E-state index contributed by atoms with van der Waals surface area (Å²) in [5.74, 6) is -0.126. The van der Waals surface area contributed by atoms with Crippen LogP contribution in [0.15, 0.2) is 42.5 Å². The Morgan fingerprint density at radius 2 is 1.93 bits per heavy atom. The fourth-order valence-corrected chi connectivity index (χ4v) is 5.09. The van der Waals surface area contributed by atoms with E-state index in [1.54, 1.807) is 17.0 Å². The number of alkyl halides is 3. The van der Waals surface area contributed by atoms with Crippen LogP contribution < -0.4 is 9.64 Å². The smallest absolute Gasteiger partial charge is 0.406 e. The van der Waals surface area contributed by atoms with Crippen molar-refractivity contribution in [3.05, 3.63) is 53.1 Å². The molecule has 0 aliphatic carbocycles. The van der Waals surface area contributed by atoms with E-state index in [2.05, 4.69) is 9.72 Å². The fraction of sp³-hybridized carbons (Fsp3) is 0.176. The maximum absolute atomic E-state index is 12.4. The number of halogens is 4. The highest BCUT2D eigenvalue weighted by Crippen LogP contribution is 2.44. The van der Waals surface area contributed by atoms with Gasteiger partial charge in [0.1, 0.15) is 11.1 Å². The molecular weight excluding hydrogens is 421 g/mol. The molecule has 10 heteroatoms. The number of thiazole rings is 1. The predicted molar refractivity (Wildman–Crippen MR) is 100 cm³/mol. The normalized spacial score (nSPS) is 17.7. The highest BCUT2D eigenvalue weighted by atomic mass is 35.5. The van der Waals surface area contributed by atoms with E-state index in [1.165, 1.54) is 30.0 Å². The van der Waals surface area contributed by atoms with Crippen LogP contribution in [0.5, 0.6) is 5.75 Å². The molecule has 0 N–H and O–H groups in total. The van der Waals surface area contributed by atoms with Gasteiger partial charge in [-0.05, 0) is 29.8 Å². The van der Waals surface area contributed by atoms with E-state index in [4.69, 9.17) is 11.6 Å². The molecule has 0 saturated carbocycles. The third-order valence-corrected chi connectivity index (χ3v) is 6.29. The van der Waals surface area contributed by atoms with Gasteiger partial charge in [-0.2, -0.15) is 0 Å². The Hall–Kier alpha value is -1.97. The van der Waals surface area contributed by atoms with Crippen LogP contribution in [-0.4, -0.2) is 23.0 Å². The molecule has 1 aromatic heterocycles. The van der Waals surface area contributed by atoms with Gasteiger partial charge >= 0.3 is 6.36 Å². The van der Waals surface area contributed by atoms with Crippen molar-refractivity contribution >= 4 is 56.0 Å². The van der Waals surface area contributed by atoms with Gasteiger partial charge in [0.2, 0.25) is 5.91 Å². The van der Waals surface area contributed by atoms with Crippen molar-refractivity contribution in [3.63, 3.8) is 0 Å². The van der Waals surface area contributed by atoms with Crippen LogP contribution in [0.1, 0.15) is 10.9 Å². The van der Waals surface area contributed by atoms with Gasteiger partial charge in [-0.3, -0.25) is 9.69 Å². The largest absolute Gasteiger partial charge is 0.573 e. The number of nitrogens with zero attached hydrogens (tertiary/aromatic N) is 2. The molecule has 140 valence electrons. The number of benzene rings is 2. The molecular formula is C17H10ClF3N2O2S2. The van der Waals surface area contributed by atoms with E-state index in [-0.39, 0.29) is 17.0 Å². The SMILES string of the molecule is O=C1CSC(c2ccc(Cl)cc2)N1c1nc2ccc(OC(F)(F)F)cc2s1. The first-order valence-corrected chi connectivity index (χ1v) is 9.90. The summed E-state index contributed by atoms with van der Waals surface area (Å²) in [6.45, 7) is 0. The molecule has 0 radical (unpaired) electrons. The number of thioether (sulfide) groups is 1. The van der Waals surface area contributed by atoms with Gasteiger partial charge in [-0.25, -0.2) is 4.98 Å². The predicted octanol–water partition coefficient (Wildman–Crippen LogP) is 5.63. The first-order valence-electron chi connectivity index (χ1n) is 7.66. The van der Waals surface area contributed by atoms with Gasteiger partial charge in [-0.1, -0.05) is 35.1 Å². The van der Waals surface area contributed by atoms with Crippen LogP contribution >= 0.6 is 34.7 Å². The summed E-state index contributed by atoms with van der Waals surface area (Å²) in [6, 6.07) is 11.1. The van der Waals surface area contributed by atoms with Gasteiger partial charge in [0.25, 0.3) is 0 Å². The van der Waals surface area contributed by atoms with Gasteiger partial charge in [0.05, 0.1) is 16.0 Å². The standard InChI is InChI=1S/C17H10ClF3N2O2S2/c18-10-3-1-9(2-4-10)15-23(14(24)8-26-15)16-22-12-6-5-11(7-13(12)27-16)25-17(19,20)21/h1-7,15H,8H2. The minimum absolute atomic E-state index is 0.106. The molecule has 0 bridgehead atoms. The zero-order chi connectivity index (χ0) is 19.2. The third-order valence-electron chi connectivity index (χ3n) is 3.81. The zero-order valence-corrected chi connectivity index (χ0v) is 15.8. The molecule has 1 fully saturated rings. The Morgan fingerprint density at radius 3 is 2.63 bits per heavy atom. The number of hydrogen-bond donors (Lipinski definition) is 0. The number of rotatable bonds is 3. The molecule has 2 heterocycles. The lowest BCUT2D eigenvalue weighted by molar-refractivity contribution is -0.274. The fourth-order valence-electron chi connectivity index (χ4n) is 2.70. The topological polar surface area (TPSA) is 42.4 Å². The maximum Gasteiger partial charge on any atom is 0.573 e. The molecule has 1 aliphatic rings. The van der Waals surface area contributed by atoms with Crippen molar-refractivity contribution in [1.82, 2.24) is 4.98 Å². The molecule has 3 aromatic rings. The average molecular weight is 431 g/mol. The Balaban J connectivity index is 1.69. The molecule has 0 spiro atoms. The number of anilines is 1. The molecule has 2 aromatic carbocycles. The molecule has 1 amide bonds. The van der Waals surface area contributed by atoms with Crippen LogP contribution in [-0.2, 0) is 4.79 Å². The lowest BCUT2D eigenvalue weighted by Crippen LogP contribution is -2.27. The highest BCUT2D eigenvalue weighted by Gasteiger charge is 2.36. The summed E-state index contributed by atoms with van der Waals surface area (Å²) in [7, 11) is 0. The Morgan fingerprint density at radius 1 is 1.19 bits per heavy atom. The van der Waals surface area contributed by atoms with Crippen molar-refractivity contribution in [2.24, 2.45) is 0 Å². The average Bonchev–Trinajstić information content (AvgIpc) is 3.16. The van der Waals surface area contributed by atoms with Crippen molar-refractivity contribution in [3.8, 4) is 5.75 Å². The lowest BCUT2D eigenvalue weighted by atomic mass is 10.2. The maximum atomic E-state index is 12.4. The van der Waals surface area contributed by atoms with E-state index in [0.29, 0.717) is 26.1 Å². The molecule has 27 heavy (non-hydrogen) atoms. The van der Waals surface area contributed by atoms with Crippen molar-refractivity contribution in [2.45, 2.75) is 11.7 Å². The van der Waals surface area contributed by atoms with Crippen LogP contribution in [0, 0.1) is 0 Å². The van der Waals surface area contributed by atoms with Gasteiger partial charge < -0.3 is 4.74 Å². The third kappa shape index (κ3) is 3.85. The Bertz CT molecular complexity index is 1010. The minimum atomic E-state index is -4.76. The minimum Gasteiger partial charge on any atom is -0.406 e. The number of carbonyl (C=O) groups is 1. The second-order valence-corrected chi connectivity index (χ2v) is 8.17. The summed E-state index contributed by atoms with van der Waals surface area (Å²) >= 11 is 8.53. The van der Waals surface area contributed by atoms with Gasteiger partial charge in [-0.15, -0.1) is 24.9 Å². The van der Waals surface area contributed by atoms with E-state index in [1.807, 2.05) is 12.1 Å². The Labute approximate surface area is 164 Å². The number of ether oxygens (including phenoxy) is 1. The second kappa shape index (κ2) is 6.88. The number of amides is 1. The van der Waals surface area contributed by atoms with Crippen LogP contribution in [0.3, 0.4) is 0 Å². The van der Waals surface area contributed by atoms with Crippen molar-refractivity contribution in [1.29, 1.82) is 0 Å². The van der Waals surface area contributed by atoms with Gasteiger partial charge in [0, 0.05) is 11.1 Å². The summed E-state index contributed by atoms with van der Waals surface area (Å²) in [6.07, 6.45) is -4.76. The van der Waals surface area contributed by atoms with Crippen LogP contribution in [0.4, 0.5) is 18.3 Å². The summed E-state index contributed by atoms with van der Waals surface area (Å²) in [5, 5.41) is 0.766. The molecule has 1 atom stereocenters. The summed E-state index contributed by atoms with van der Waals surface area (Å²) in [4.78, 5) is 18.4. The molecule has 4 rings (SSSR count). The zero-order valence-electron chi connectivity index (χ0n) is 13.4. The monoisotopic (exact) mass is 430 g/mol. The number of fused-ring (bicyclic) bond motifs is 1. The quantitative estimate of drug-likeness (QED) is 0.540. The molecule has 1 saturated heterocycles.